The minimum Gasteiger partial charge on any atom is -0.318 e. The van der Waals surface area contributed by atoms with E-state index in [0.717, 1.165) is 50.5 Å². The highest BCUT2D eigenvalue weighted by atomic mass is 16.7. The molecule has 4 rings (SSSR count). The van der Waals surface area contributed by atoms with Crippen molar-refractivity contribution >= 4 is 23.0 Å². The van der Waals surface area contributed by atoms with Crippen LogP contribution < -0.4 is 0 Å². The molecule has 0 radical (unpaired) electrons. The molecule has 41 heavy (non-hydrogen) atoms. The molecule has 0 heterocycles. The molecular formula is C37H43NO3. The summed E-state index contributed by atoms with van der Waals surface area (Å²) in [4.78, 5) is 30.7. The molecule has 1 atom stereocenters. The molecular weight excluding hydrogens is 506 g/mol. The number of aryl methyl sites for hydroxylation is 1. The van der Waals surface area contributed by atoms with Crippen molar-refractivity contribution < 1.29 is 14.4 Å². The molecule has 2 aromatic rings. The number of hydrogen-bond acceptors (Lipinski definition) is 4. The van der Waals surface area contributed by atoms with Gasteiger partial charge >= 0.3 is 5.97 Å². The van der Waals surface area contributed by atoms with Gasteiger partial charge in [0.15, 0.2) is 0 Å². The van der Waals surface area contributed by atoms with Gasteiger partial charge in [0.05, 0.1) is 0 Å². The van der Waals surface area contributed by atoms with Crippen LogP contribution in [0.1, 0.15) is 95.2 Å². The van der Waals surface area contributed by atoms with Crippen LogP contribution >= 0.6 is 0 Å². The highest BCUT2D eigenvalue weighted by Crippen LogP contribution is 2.54. The number of unbranched alkanes of at least 4 members (excludes halogenated alkanes) is 1. The number of ketones is 1. The second-order valence-electron chi connectivity index (χ2n) is 11.3. The fourth-order valence-electron chi connectivity index (χ4n) is 6.23. The van der Waals surface area contributed by atoms with Crippen LogP contribution in [0.15, 0.2) is 101 Å². The van der Waals surface area contributed by atoms with E-state index in [1.807, 2.05) is 18.2 Å². The molecule has 0 N–H and O–H groups in total. The van der Waals surface area contributed by atoms with Crippen LogP contribution in [0.2, 0.25) is 0 Å². The average Bonchev–Trinajstić information content (AvgIpc) is 3.09. The van der Waals surface area contributed by atoms with Crippen LogP contribution in [0.25, 0.3) is 5.57 Å². The molecule has 0 saturated carbocycles. The van der Waals surface area contributed by atoms with Crippen molar-refractivity contribution in [3.05, 3.63) is 113 Å². The lowest BCUT2D eigenvalue weighted by Crippen LogP contribution is -2.27. The molecule has 0 bridgehead atoms. The molecule has 0 aliphatic heterocycles. The monoisotopic (exact) mass is 549 g/mol. The van der Waals surface area contributed by atoms with Gasteiger partial charge in [-0.1, -0.05) is 123 Å². The Hall–Kier alpha value is -3.79. The topological polar surface area (TPSA) is 55.7 Å². The third kappa shape index (κ3) is 7.11. The predicted octanol–water partition coefficient (Wildman–Crippen LogP) is 9.03. The molecule has 0 saturated heterocycles. The highest BCUT2D eigenvalue weighted by molar-refractivity contribution is 6.46. The Kier molecular flexibility index (Phi) is 10.5. The van der Waals surface area contributed by atoms with E-state index in [-0.39, 0.29) is 16.9 Å². The molecule has 1 unspecified atom stereocenters. The standard InChI is InChI=1S/C37H43NO3/c1-5-7-25-37(24-6-2)33-19-12-11-17-31(33)32-18-13-16-30(26-34(32)37)36(40)35(38-41-28(4)39)23-21-27(3)20-22-29-14-9-8-10-15-29/h8-15,17-19,26H,3,5-7,16,20-25H2,1-2,4H3/b38-35+. The maximum atomic E-state index is 14.0. The number of oxime groups is 1. The Labute approximate surface area is 245 Å². The predicted molar refractivity (Wildman–Crippen MR) is 169 cm³/mol. The van der Waals surface area contributed by atoms with Crippen molar-refractivity contribution in [1.82, 2.24) is 0 Å². The number of carbonyl (C=O) groups excluding carboxylic acids is 2. The number of carbonyl (C=O) groups is 2. The van der Waals surface area contributed by atoms with Gasteiger partial charge in [0, 0.05) is 24.3 Å². The summed E-state index contributed by atoms with van der Waals surface area (Å²) in [6, 6.07) is 19.0. The summed E-state index contributed by atoms with van der Waals surface area (Å²) in [5, 5.41) is 4.06. The zero-order valence-electron chi connectivity index (χ0n) is 24.9. The summed E-state index contributed by atoms with van der Waals surface area (Å²) in [6.45, 7) is 10.0. The van der Waals surface area contributed by atoms with Crippen molar-refractivity contribution in [2.24, 2.45) is 5.16 Å². The molecule has 4 nitrogen and oxygen atoms in total. The van der Waals surface area contributed by atoms with Crippen molar-refractivity contribution in [2.75, 3.05) is 0 Å². The fraction of sp³-hybridized carbons (Fsp3) is 0.378. The number of benzene rings is 2. The lowest BCUT2D eigenvalue weighted by Gasteiger charge is -2.33. The first-order chi connectivity index (χ1) is 19.9. The van der Waals surface area contributed by atoms with Gasteiger partial charge < -0.3 is 4.84 Å². The van der Waals surface area contributed by atoms with Crippen LogP contribution in [-0.2, 0) is 26.3 Å². The Balaban J connectivity index is 1.62. The van der Waals surface area contributed by atoms with Gasteiger partial charge in [-0.05, 0) is 66.4 Å². The Bertz CT molecular complexity index is 1390. The van der Waals surface area contributed by atoms with Crippen molar-refractivity contribution in [2.45, 2.75) is 90.4 Å². The molecule has 0 fully saturated rings. The SMILES string of the molecule is C=C(CC/C(=N\OC(C)=O)C(=O)C1=CC2=C(C=CC1)c1ccccc1C2(CCC)CCCC)CCc1ccccc1. The fourth-order valence-corrected chi connectivity index (χ4v) is 6.23. The van der Waals surface area contributed by atoms with Gasteiger partial charge in [-0.15, -0.1) is 0 Å². The lowest BCUT2D eigenvalue weighted by atomic mass is 9.69. The molecule has 2 aliphatic carbocycles. The quantitative estimate of drug-likeness (QED) is 0.102. The Morgan fingerprint density at radius 1 is 0.951 bits per heavy atom. The van der Waals surface area contributed by atoms with E-state index in [0.29, 0.717) is 24.8 Å². The molecule has 0 aromatic heterocycles. The summed E-state index contributed by atoms with van der Waals surface area (Å²) in [5.41, 5.74) is 8.27. The number of rotatable bonds is 14. The van der Waals surface area contributed by atoms with Crippen molar-refractivity contribution in [3.8, 4) is 0 Å². The second kappa shape index (κ2) is 14.2. The van der Waals surface area contributed by atoms with Gasteiger partial charge in [0.25, 0.3) is 0 Å². The molecule has 0 amide bonds. The Morgan fingerprint density at radius 3 is 2.44 bits per heavy atom. The molecule has 2 aliphatic rings. The van der Waals surface area contributed by atoms with Gasteiger partial charge in [-0.2, -0.15) is 0 Å². The summed E-state index contributed by atoms with van der Waals surface area (Å²) >= 11 is 0. The first kappa shape index (κ1) is 30.2. The van der Waals surface area contributed by atoms with E-state index in [1.165, 1.54) is 34.8 Å². The van der Waals surface area contributed by atoms with Crippen molar-refractivity contribution in [3.63, 3.8) is 0 Å². The van der Waals surface area contributed by atoms with E-state index in [1.54, 1.807) is 0 Å². The van der Waals surface area contributed by atoms with Crippen LogP contribution in [0.5, 0.6) is 0 Å². The number of fused-ring (bicyclic) bond motifs is 2. The maximum absolute atomic E-state index is 14.0. The van der Waals surface area contributed by atoms with E-state index in [2.05, 4.69) is 80.2 Å². The lowest BCUT2D eigenvalue weighted by molar-refractivity contribution is -0.140. The summed E-state index contributed by atoms with van der Waals surface area (Å²) in [7, 11) is 0. The third-order valence-corrected chi connectivity index (χ3v) is 8.28. The van der Waals surface area contributed by atoms with Gasteiger partial charge in [-0.3, -0.25) is 4.79 Å². The summed E-state index contributed by atoms with van der Waals surface area (Å²) in [6.07, 6.45) is 15.0. The van der Waals surface area contributed by atoms with Crippen LogP contribution in [0.3, 0.4) is 0 Å². The smallest absolute Gasteiger partial charge is 0.318 e. The Morgan fingerprint density at radius 2 is 1.71 bits per heavy atom. The van der Waals surface area contributed by atoms with Crippen molar-refractivity contribution in [1.29, 1.82) is 0 Å². The van der Waals surface area contributed by atoms with Crippen LogP contribution in [0.4, 0.5) is 0 Å². The summed E-state index contributed by atoms with van der Waals surface area (Å²) in [5.74, 6) is -0.692. The first-order valence-corrected chi connectivity index (χ1v) is 15.1. The van der Waals surface area contributed by atoms with E-state index in [4.69, 9.17) is 4.84 Å². The number of nitrogens with zero attached hydrogens (tertiary/aromatic N) is 1. The van der Waals surface area contributed by atoms with Gasteiger partial charge in [0.1, 0.15) is 5.71 Å². The zero-order valence-corrected chi connectivity index (χ0v) is 24.9. The van der Waals surface area contributed by atoms with Gasteiger partial charge in [0.2, 0.25) is 5.78 Å². The highest BCUT2D eigenvalue weighted by Gasteiger charge is 2.43. The van der Waals surface area contributed by atoms with Crippen LogP contribution in [-0.4, -0.2) is 17.5 Å². The molecule has 0 spiro atoms. The molecule has 4 heteroatoms. The van der Waals surface area contributed by atoms with E-state index in [9.17, 15) is 9.59 Å². The normalized spacial score (nSPS) is 17.9. The van der Waals surface area contributed by atoms with E-state index < -0.39 is 5.97 Å². The summed E-state index contributed by atoms with van der Waals surface area (Å²) < 4.78 is 0. The van der Waals surface area contributed by atoms with E-state index >= 15 is 0 Å². The maximum Gasteiger partial charge on any atom is 0.331 e. The second-order valence-corrected chi connectivity index (χ2v) is 11.3. The number of allylic oxidation sites excluding steroid dienone is 7. The van der Waals surface area contributed by atoms with Gasteiger partial charge in [-0.25, -0.2) is 4.79 Å². The zero-order chi connectivity index (χ0) is 29.2. The largest absolute Gasteiger partial charge is 0.331 e. The van der Waals surface area contributed by atoms with Crippen LogP contribution in [0, 0.1) is 0 Å². The minimum absolute atomic E-state index is 0.115. The number of Topliss-reactive ketones (excluding diaryl/α,β-unsaturated/α-hetero) is 1. The number of hydrogen-bond donors (Lipinski definition) is 0. The third-order valence-electron chi connectivity index (χ3n) is 8.28. The molecule has 214 valence electrons. The average molecular weight is 550 g/mol. The molecule has 2 aromatic carbocycles. The first-order valence-electron chi connectivity index (χ1n) is 15.1. The minimum atomic E-state index is -0.536.